The maximum absolute atomic E-state index is 13.1. The number of para-hydroxylation sites is 1. The number of carbonyl (C=O) groups excluding carboxylic acids is 1. The Bertz CT molecular complexity index is 803. The van der Waals surface area contributed by atoms with Crippen molar-refractivity contribution in [3.8, 4) is 5.75 Å². The predicted octanol–water partition coefficient (Wildman–Crippen LogP) is 3.86. The Balaban J connectivity index is 1.48. The Kier molecular flexibility index (Phi) is 6.79. The van der Waals surface area contributed by atoms with Gasteiger partial charge in [-0.1, -0.05) is 36.4 Å². The lowest BCUT2D eigenvalue weighted by molar-refractivity contribution is -0.140. The molecule has 1 saturated heterocycles. The molecule has 0 saturated carbocycles. The molecule has 29 heavy (non-hydrogen) atoms. The number of amides is 1. The van der Waals surface area contributed by atoms with E-state index < -0.39 is 17.8 Å². The van der Waals surface area contributed by atoms with E-state index in [4.69, 9.17) is 4.74 Å². The summed E-state index contributed by atoms with van der Waals surface area (Å²) in [7, 11) is 0. The van der Waals surface area contributed by atoms with E-state index in [1.54, 1.807) is 30.0 Å². The van der Waals surface area contributed by atoms with Gasteiger partial charge in [0.05, 0.1) is 5.56 Å². The Morgan fingerprint density at radius 3 is 2.28 bits per heavy atom. The zero-order chi connectivity index (χ0) is 20.9. The molecular formula is C22H25F3N2O2. The van der Waals surface area contributed by atoms with Gasteiger partial charge >= 0.3 is 6.18 Å². The minimum atomic E-state index is -4.34. The molecule has 0 N–H and O–H groups in total. The molecule has 2 aromatic carbocycles. The number of hydrogen-bond donors (Lipinski definition) is 0. The fraction of sp³-hybridized carbons (Fsp3) is 0.409. The molecule has 1 atom stereocenters. The molecule has 1 aliphatic rings. The Labute approximate surface area is 168 Å². The van der Waals surface area contributed by atoms with Crippen LogP contribution in [0.3, 0.4) is 0 Å². The van der Waals surface area contributed by atoms with Gasteiger partial charge in [-0.3, -0.25) is 9.69 Å². The van der Waals surface area contributed by atoms with Crippen LogP contribution in [0.1, 0.15) is 18.1 Å². The molecule has 2 aromatic rings. The van der Waals surface area contributed by atoms with Crippen molar-refractivity contribution in [2.24, 2.45) is 0 Å². The zero-order valence-electron chi connectivity index (χ0n) is 16.4. The van der Waals surface area contributed by atoms with Gasteiger partial charge in [-0.15, -0.1) is 0 Å². The van der Waals surface area contributed by atoms with E-state index in [0.717, 1.165) is 6.07 Å². The van der Waals surface area contributed by atoms with Crippen LogP contribution in [0.25, 0.3) is 0 Å². The molecule has 0 aliphatic carbocycles. The highest BCUT2D eigenvalue weighted by molar-refractivity contribution is 5.81. The standard InChI is InChI=1S/C22H25F3N2O2/c1-17(29-19-8-3-2-4-9-19)21(28)27-15-13-26(14-16-27)12-11-18-7-5-6-10-20(18)22(23,24)25/h2-10,17H,11-16H2,1H3. The van der Waals surface area contributed by atoms with Crippen LogP contribution >= 0.6 is 0 Å². The second-order valence-electron chi connectivity index (χ2n) is 7.14. The van der Waals surface area contributed by atoms with Crippen molar-refractivity contribution >= 4 is 5.91 Å². The number of carbonyl (C=O) groups is 1. The van der Waals surface area contributed by atoms with Gasteiger partial charge in [0.15, 0.2) is 6.10 Å². The SMILES string of the molecule is CC(Oc1ccccc1)C(=O)N1CCN(CCc2ccccc2C(F)(F)F)CC1. The van der Waals surface area contributed by atoms with Crippen molar-refractivity contribution in [2.45, 2.75) is 25.6 Å². The number of alkyl halides is 3. The Morgan fingerprint density at radius 2 is 1.62 bits per heavy atom. The van der Waals surface area contributed by atoms with E-state index in [9.17, 15) is 18.0 Å². The monoisotopic (exact) mass is 406 g/mol. The quantitative estimate of drug-likeness (QED) is 0.730. The number of piperazine rings is 1. The lowest BCUT2D eigenvalue weighted by Crippen LogP contribution is -2.52. The minimum absolute atomic E-state index is 0.0732. The number of ether oxygens (including phenoxy) is 1. The lowest BCUT2D eigenvalue weighted by atomic mass is 10.0. The van der Waals surface area contributed by atoms with Gasteiger partial charge in [-0.25, -0.2) is 0 Å². The first-order valence-corrected chi connectivity index (χ1v) is 9.72. The zero-order valence-corrected chi connectivity index (χ0v) is 16.4. The fourth-order valence-corrected chi connectivity index (χ4v) is 3.50. The van der Waals surface area contributed by atoms with Crippen molar-refractivity contribution in [2.75, 3.05) is 32.7 Å². The van der Waals surface area contributed by atoms with Crippen molar-refractivity contribution in [1.29, 1.82) is 0 Å². The molecule has 0 bridgehead atoms. The molecule has 1 heterocycles. The number of halogens is 3. The fourth-order valence-electron chi connectivity index (χ4n) is 3.50. The van der Waals surface area contributed by atoms with Gasteiger partial charge in [0.1, 0.15) is 5.75 Å². The number of rotatable bonds is 6. The van der Waals surface area contributed by atoms with Gasteiger partial charge in [0.25, 0.3) is 5.91 Å². The summed E-state index contributed by atoms with van der Waals surface area (Å²) in [5.74, 6) is 0.575. The number of hydrogen-bond acceptors (Lipinski definition) is 3. The van der Waals surface area contributed by atoms with Gasteiger partial charge in [-0.05, 0) is 37.1 Å². The first-order chi connectivity index (χ1) is 13.8. The molecule has 4 nitrogen and oxygen atoms in total. The minimum Gasteiger partial charge on any atom is -0.481 e. The summed E-state index contributed by atoms with van der Waals surface area (Å²) in [5, 5.41) is 0. The average molecular weight is 406 g/mol. The van der Waals surface area contributed by atoms with E-state index in [1.807, 2.05) is 18.2 Å². The molecule has 1 unspecified atom stereocenters. The summed E-state index contributed by atoms with van der Waals surface area (Å²) in [6, 6.07) is 14.9. The summed E-state index contributed by atoms with van der Waals surface area (Å²) in [4.78, 5) is 16.5. The highest BCUT2D eigenvalue weighted by Gasteiger charge is 2.33. The second-order valence-corrected chi connectivity index (χ2v) is 7.14. The van der Waals surface area contributed by atoms with Crippen LogP contribution in [0, 0.1) is 0 Å². The Morgan fingerprint density at radius 1 is 1.00 bits per heavy atom. The van der Waals surface area contributed by atoms with E-state index in [1.165, 1.54) is 12.1 Å². The molecule has 156 valence electrons. The summed E-state index contributed by atoms with van der Waals surface area (Å²) >= 11 is 0. The summed E-state index contributed by atoms with van der Waals surface area (Å²) in [5.41, 5.74) is -0.260. The summed E-state index contributed by atoms with van der Waals surface area (Å²) < 4.78 is 45.0. The van der Waals surface area contributed by atoms with Crippen LogP contribution in [0.4, 0.5) is 13.2 Å². The third kappa shape index (κ3) is 5.73. The van der Waals surface area contributed by atoms with Crippen LogP contribution in [0.15, 0.2) is 54.6 Å². The molecule has 1 amide bonds. The molecule has 3 rings (SSSR count). The van der Waals surface area contributed by atoms with Gasteiger partial charge in [-0.2, -0.15) is 13.2 Å². The van der Waals surface area contributed by atoms with Gasteiger partial charge in [0, 0.05) is 32.7 Å². The van der Waals surface area contributed by atoms with Crippen LogP contribution < -0.4 is 4.74 Å². The topological polar surface area (TPSA) is 32.8 Å². The molecule has 7 heteroatoms. The predicted molar refractivity (Wildman–Crippen MR) is 105 cm³/mol. The average Bonchev–Trinajstić information content (AvgIpc) is 2.72. The van der Waals surface area contributed by atoms with E-state index in [2.05, 4.69) is 4.90 Å². The molecule has 1 aliphatic heterocycles. The maximum atomic E-state index is 13.1. The van der Waals surface area contributed by atoms with Crippen molar-refractivity contribution < 1.29 is 22.7 Å². The lowest BCUT2D eigenvalue weighted by Gasteiger charge is -2.36. The van der Waals surface area contributed by atoms with E-state index in [0.29, 0.717) is 50.5 Å². The first-order valence-electron chi connectivity index (χ1n) is 9.72. The van der Waals surface area contributed by atoms with Crippen LogP contribution in [-0.4, -0.2) is 54.5 Å². The third-order valence-electron chi connectivity index (χ3n) is 5.11. The molecule has 0 radical (unpaired) electrons. The summed E-state index contributed by atoms with van der Waals surface area (Å²) in [6.07, 6.45) is -4.59. The van der Waals surface area contributed by atoms with E-state index in [-0.39, 0.29) is 5.91 Å². The molecular weight excluding hydrogens is 381 g/mol. The maximum Gasteiger partial charge on any atom is 0.416 e. The van der Waals surface area contributed by atoms with E-state index >= 15 is 0 Å². The summed E-state index contributed by atoms with van der Waals surface area (Å²) in [6.45, 7) is 4.63. The normalized spacial score (nSPS) is 16.5. The largest absolute Gasteiger partial charge is 0.481 e. The van der Waals surface area contributed by atoms with Crippen molar-refractivity contribution in [3.05, 3.63) is 65.7 Å². The van der Waals surface area contributed by atoms with Crippen molar-refractivity contribution in [1.82, 2.24) is 9.80 Å². The molecule has 1 fully saturated rings. The third-order valence-corrected chi connectivity index (χ3v) is 5.11. The van der Waals surface area contributed by atoms with Crippen LogP contribution in [0.2, 0.25) is 0 Å². The molecule has 0 spiro atoms. The second kappa shape index (κ2) is 9.31. The molecule has 0 aromatic heterocycles. The van der Waals surface area contributed by atoms with Crippen LogP contribution in [0.5, 0.6) is 5.75 Å². The highest BCUT2D eigenvalue weighted by Crippen LogP contribution is 2.32. The smallest absolute Gasteiger partial charge is 0.416 e. The van der Waals surface area contributed by atoms with Gasteiger partial charge < -0.3 is 9.64 Å². The number of benzene rings is 2. The number of nitrogens with zero attached hydrogens (tertiary/aromatic N) is 2. The van der Waals surface area contributed by atoms with Crippen molar-refractivity contribution in [3.63, 3.8) is 0 Å². The van der Waals surface area contributed by atoms with Crippen LogP contribution in [-0.2, 0) is 17.4 Å². The first kappa shape index (κ1) is 21.2. The Hall–Kier alpha value is -2.54. The van der Waals surface area contributed by atoms with Gasteiger partial charge in [0.2, 0.25) is 0 Å². The highest BCUT2D eigenvalue weighted by atomic mass is 19.4.